The van der Waals surface area contributed by atoms with E-state index >= 15 is 0 Å². The Hall–Kier alpha value is -1.64. The molecule has 122 valence electrons. The molecule has 0 unspecified atom stereocenters. The van der Waals surface area contributed by atoms with Crippen molar-refractivity contribution >= 4 is 20.1 Å². The summed E-state index contributed by atoms with van der Waals surface area (Å²) < 4.78 is 20.2. The number of aryl methyl sites for hydroxylation is 1. The maximum absolute atomic E-state index is 11.6. The van der Waals surface area contributed by atoms with Crippen molar-refractivity contribution in [3.63, 3.8) is 0 Å². The second-order valence-corrected chi connectivity index (χ2v) is 5.60. The number of nitrogens with two attached hydrogens (primary N) is 1. The molecule has 0 aliphatic rings. The summed E-state index contributed by atoms with van der Waals surface area (Å²) in [5.74, 6) is -0.629. The van der Waals surface area contributed by atoms with Gasteiger partial charge in [-0.15, -0.1) is 0 Å². The van der Waals surface area contributed by atoms with Crippen LogP contribution in [0.4, 0.5) is 0 Å². The molecule has 10 heteroatoms. The number of nitrogens with zero attached hydrogens (tertiary/aromatic N) is 1. The van der Waals surface area contributed by atoms with Crippen molar-refractivity contribution in [2.75, 3.05) is 6.54 Å². The third kappa shape index (κ3) is 5.63. The van der Waals surface area contributed by atoms with E-state index in [1.165, 1.54) is 13.1 Å². The molecule has 1 aromatic rings. The van der Waals surface area contributed by atoms with Crippen molar-refractivity contribution in [2.24, 2.45) is 5.73 Å². The minimum Gasteiger partial charge on any atom is -0.424 e. The van der Waals surface area contributed by atoms with E-state index in [1.54, 1.807) is 0 Å². The fourth-order valence-electron chi connectivity index (χ4n) is 1.58. The summed E-state index contributed by atoms with van der Waals surface area (Å²) in [7, 11) is -4.70. The van der Waals surface area contributed by atoms with Crippen LogP contribution in [-0.4, -0.2) is 33.6 Å². The van der Waals surface area contributed by atoms with E-state index < -0.39 is 20.4 Å². The zero-order chi connectivity index (χ0) is 16.8. The normalized spacial score (nSPS) is 11.3. The number of carbonyl (C=O) groups is 2. The SMILES string of the molecule is Cc1ncc(COP(=O)(O)O)c(C=O)c1OC(=O)CCCN. The first-order valence-electron chi connectivity index (χ1n) is 6.33. The van der Waals surface area contributed by atoms with Gasteiger partial charge in [-0.05, 0) is 19.9 Å². The number of rotatable bonds is 8. The molecule has 1 rings (SSSR count). The quantitative estimate of drug-likeness (QED) is 0.350. The Morgan fingerprint density at radius 1 is 1.50 bits per heavy atom. The van der Waals surface area contributed by atoms with Crippen molar-refractivity contribution in [1.82, 2.24) is 4.98 Å². The minimum absolute atomic E-state index is 0.0398. The number of ether oxygens (including phenoxy) is 1. The molecule has 9 nitrogen and oxygen atoms in total. The van der Waals surface area contributed by atoms with Gasteiger partial charge in [0, 0.05) is 18.2 Å². The molecule has 4 N–H and O–H groups in total. The van der Waals surface area contributed by atoms with Gasteiger partial charge in [0.05, 0.1) is 17.9 Å². The van der Waals surface area contributed by atoms with E-state index in [0.717, 1.165) is 0 Å². The van der Waals surface area contributed by atoms with Gasteiger partial charge in [-0.3, -0.25) is 19.1 Å². The van der Waals surface area contributed by atoms with Crippen LogP contribution in [0.25, 0.3) is 0 Å². The first kappa shape index (κ1) is 18.4. The fourth-order valence-corrected chi connectivity index (χ4v) is 1.89. The highest BCUT2D eigenvalue weighted by Gasteiger charge is 2.20. The lowest BCUT2D eigenvalue weighted by atomic mass is 10.1. The lowest BCUT2D eigenvalue weighted by Gasteiger charge is -2.13. The van der Waals surface area contributed by atoms with Gasteiger partial charge < -0.3 is 20.3 Å². The molecule has 0 aromatic carbocycles. The Balaban J connectivity index is 3.02. The summed E-state index contributed by atoms with van der Waals surface area (Å²) in [6.07, 6.45) is 2.16. The monoisotopic (exact) mass is 332 g/mol. The largest absolute Gasteiger partial charge is 0.469 e. The number of carbonyl (C=O) groups excluding carboxylic acids is 2. The highest BCUT2D eigenvalue weighted by molar-refractivity contribution is 7.46. The smallest absolute Gasteiger partial charge is 0.424 e. The Morgan fingerprint density at radius 2 is 2.18 bits per heavy atom. The Bertz CT molecular complexity index is 599. The summed E-state index contributed by atoms with van der Waals surface area (Å²) in [6.45, 7) is 1.31. The zero-order valence-corrected chi connectivity index (χ0v) is 12.8. The maximum Gasteiger partial charge on any atom is 0.469 e. The maximum atomic E-state index is 11.6. The van der Waals surface area contributed by atoms with Gasteiger partial charge in [0.1, 0.15) is 0 Å². The molecule has 22 heavy (non-hydrogen) atoms. The molecule has 0 aliphatic heterocycles. The average molecular weight is 332 g/mol. The third-order valence-corrected chi connectivity index (χ3v) is 3.11. The number of hydrogen-bond acceptors (Lipinski definition) is 7. The Morgan fingerprint density at radius 3 is 2.73 bits per heavy atom. The molecule has 0 atom stereocenters. The zero-order valence-electron chi connectivity index (χ0n) is 11.9. The van der Waals surface area contributed by atoms with Crippen molar-refractivity contribution in [2.45, 2.75) is 26.4 Å². The molecule has 0 radical (unpaired) electrons. The molecular formula is C12H17N2O7P. The molecule has 1 heterocycles. The number of pyridine rings is 1. The van der Waals surface area contributed by atoms with Crippen molar-refractivity contribution in [1.29, 1.82) is 0 Å². The third-order valence-electron chi connectivity index (χ3n) is 2.64. The van der Waals surface area contributed by atoms with Crippen LogP contribution in [0.15, 0.2) is 6.20 Å². The molecule has 0 saturated carbocycles. The summed E-state index contributed by atoms with van der Waals surface area (Å²) in [5.41, 5.74) is 5.65. The van der Waals surface area contributed by atoms with Crippen LogP contribution in [0.2, 0.25) is 0 Å². The molecule has 1 aromatic heterocycles. The molecule has 0 aliphatic carbocycles. The van der Waals surface area contributed by atoms with Crippen LogP contribution in [-0.2, 0) is 20.5 Å². The van der Waals surface area contributed by atoms with Crippen LogP contribution in [0.1, 0.15) is 34.5 Å². The number of aromatic nitrogens is 1. The summed E-state index contributed by atoms with van der Waals surface area (Å²) >= 11 is 0. The van der Waals surface area contributed by atoms with E-state index in [9.17, 15) is 14.2 Å². The number of aldehydes is 1. The predicted molar refractivity (Wildman–Crippen MR) is 75.1 cm³/mol. The minimum atomic E-state index is -4.70. The highest BCUT2D eigenvalue weighted by atomic mass is 31.2. The first-order chi connectivity index (χ1) is 10.3. The lowest BCUT2D eigenvalue weighted by molar-refractivity contribution is -0.134. The van der Waals surface area contributed by atoms with Crippen LogP contribution in [0.3, 0.4) is 0 Å². The standard InChI is InChI=1S/C12H17N2O7P/c1-8-12(21-11(16)3-2-4-13)10(6-15)9(5-14-8)7-20-22(17,18)19/h5-6H,2-4,7,13H2,1H3,(H2,17,18,19). The predicted octanol–water partition coefficient (Wildman–Crippen LogP) is 0.456. The van der Waals surface area contributed by atoms with Crippen LogP contribution in [0, 0.1) is 6.92 Å². The highest BCUT2D eigenvalue weighted by Crippen LogP contribution is 2.37. The summed E-state index contributed by atoms with van der Waals surface area (Å²) in [6, 6.07) is 0. The van der Waals surface area contributed by atoms with E-state index in [4.69, 9.17) is 20.3 Å². The fraction of sp³-hybridized carbons (Fsp3) is 0.417. The van der Waals surface area contributed by atoms with Gasteiger partial charge in [-0.25, -0.2) is 4.57 Å². The number of phosphoric acid groups is 1. The number of hydrogen-bond donors (Lipinski definition) is 3. The molecule has 0 saturated heterocycles. The molecular weight excluding hydrogens is 315 g/mol. The second-order valence-electron chi connectivity index (χ2n) is 4.36. The van der Waals surface area contributed by atoms with E-state index in [1.807, 2.05) is 0 Å². The van der Waals surface area contributed by atoms with Crippen LogP contribution < -0.4 is 10.5 Å². The first-order valence-corrected chi connectivity index (χ1v) is 7.86. The van der Waals surface area contributed by atoms with Gasteiger partial charge in [-0.2, -0.15) is 0 Å². The molecule has 0 bridgehead atoms. The van der Waals surface area contributed by atoms with Crippen molar-refractivity contribution in [3.05, 3.63) is 23.0 Å². The van der Waals surface area contributed by atoms with Crippen molar-refractivity contribution in [3.8, 4) is 5.75 Å². The van der Waals surface area contributed by atoms with E-state index in [2.05, 4.69) is 9.51 Å². The van der Waals surface area contributed by atoms with Gasteiger partial charge >= 0.3 is 13.8 Å². The number of esters is 1. The average Bonchev–Trinajstić information content (AvgIpc) is 2.44. The molecule has 0 fully saturated rings. The lowest BCUT2D eigenvalue weighted by Crippen LogP contribution is -2.14. The Kier molecular flexibility index (Phi) is 6.79. The second kappa shape index (κ2) is 8.11. The molecule has 0 amide bonds. The van der Waals surface area contributed by atoms with Gasteiger partial charge in [-0.1, -0.05) is 0 Å². The van der Waals surface area contributed by atoms with Crippen molar-refractivity contribution < 1.29 is 33.2 Å². The summed E-state index contributed by atoms with van der Waals surface area (Å²) in [5, 5.41) is 0. The van der Waals surface area contributed by atoms with E-state index in [-0.39, 0.29) is 23.3 Å². The van der Waals surface area contributed by atoms with Crippen LogP contribution >= 0.6 is 7.82 Å². The number of phosphoric ester groups is 1. The van der Waals surface area contributed by atoms with Crippen LogP contribution in [0.5, 0.6) is 5.75 Å². The Labute approximate surface area is 126 Å². The summed E-state index contributed by atoms with van der Waals surface area (Å²) in [4.78, 5) is 44.2. The van der Waals surface area contributed by atoms with Gasteiger partial charge in [0.15, 0.2) is 12.0 Å². The topological polar surface area (TPSA) is 149 Å². The van der Waals surface area contributed by atoms with Gasteiger partial charge in [0.25, 0.3) is 0 Å². The van der Waals surface area contributed by atoms with Gasteiger partial charge in [0.2, 0.25) is 0 Å². The molecule has 0 spiro atoms. The van der Waals surface area contributed by atoms with E-state index in [0.29, 0.717) is 24.9 Å².